The molecule has 0 heterocycles. The fourth-order valence-electron chi connectivity index (χ4n) is 1.11. The van der Waals surface area contributed by atoms with Gasteiger partial charge in [0.1, 0.15) is 12.6 Å². The molecule has 0 aromatic rings. The van der Waals surface area contributed by atoms with Gasteiger partial charge >= 0.3 is 5.97 Å². The first-order chi connectivity index (χ1) is 7.65. The molecule has 0 fully saturated rings. The van der Waals surface area contributed by atoms with Crippen LogP contribution < -0.4 is 5.32 Å². The van der Waals surface area contributed by atoms with Crippen LogP contribution in [0.3, 0.4) is 0 Å². The van der Waals surface area contributed by atoms with Gasteiger partial charge in [-0.1, -0.05) is 6.08 Å². The molecule has 5 heteroatoms. The van der Waals surface area contributed by atoms with Crippen LogP contribution in [0.25, 0.3) is 0 Å². The molecule has 0 aliphatic carbocycles. The monoisotopic (exact) mass is 229 g/mol. The van der Waals surface area contributed by atoms with E-state index in [2.05, 4.69) is 16.6 Å². The van der Waals surface area contributed by atoms with Gasteiger partial charge in [0.05, 0.1) is 7.11 Å². The van der Waals surface area contributed by atoms with Crippen molar-refractivity contribution in [2.75, 3.05) is 20.3 Å². The van der Waals surface area contributed by atoms with Crippen LogP contribution >= 0.6 is 0 Å². The van der Waals surface area contributed by atoms with Crippen molar-refractivity contribution in [2.24, 2.45) is 0 Å². The van der Waals surface area contributed by atoms with E-state index in [1.165, 1.54) is 7.11 Å². The van der Waals surface area contributed by atoms with Crippen molar-refractivity contribution in [1.82, 2.24) is 5.32 Å². The Morgan fingerprint density at radius 2 is 2.19 bits per heavy atom. The molecule has 1 amide bonds. The van der Waals surface area contributed by atoms with Gasteiger partial charge in [0.25, 0.3) is 0 Å². The highest BCUT2D eigenvalue weighted by Gasteiger charge is 2.20. The molecule has 1 atom stereocenters. The molecular weight excluding hydrogens is 210 g/mol. The third-order valence-electron chi connectivity index (χ3n) is 1.92. The van der Waals surface area contributed by atoms with Crippen LogP contribution in [0.4, 0.5) is 0 Å². The van der Waals surface area contributed by atoms with E-state index in [1.54, 1.807) is 13.0 Å². The summed E-state index contributed by atoms with van der Waals surface area (Å²) >= 11 is 0. The average molecular weight is 229 g/mol. The smallest absolute Gasteiger partial charge is 0.328 e. The van der Waals surface area contributed by atoms with Crippen LogP contribution in [0.2, 0.25) is 0 Å². The van der Waals surface area contributed by atoms with Crippen LogP contribution in [0.1, 0.15) is 19.8 Å². The van der Waals surface area contributed by atoms with E-state index in [1.807, 2.05) is 0 Å². The lowest BCUT2D eigenvalue weighted by Crippen LogP contribution is -2.43. The van der Waals surface area contributed by atoms with Gasteiger partial charge in [-0.15, -0.1) is 6.58 Å². The van der Waals surface area contributed by atoms with Gasteiger partial charge in [0, 0.05) is 6.61 Å². The Hall–Kier alpha value is -1.36. The number of carbonyl (C=O) groups excluding carboxylic acids is 2. The lowest BCUT2D eigenvalue weighted by atomic mass is 10.1. The second kappa shape index (κ2) is 8.91. The highest BCUT2D eigenvalue weighted by Crippen LogP contribution is 2.00. The minimum absolute atomic E-state index is 0.0436. The summed E-state index contributed by atoms with van der Waals surface area (Å²) in [6.07, 6.45) is 2.80. The number of methoxy groups -OCH3 is 1. The fourth-order valence-corrected chi connectivity index (χ4v) is 1.11. The van der Waals surface area contributed by atoms with Crippen molar-refractivity contribution in [1.29, 1.82) is 0 Å². The second-order valence-electron chi connectivity index (χ2n) is 3.15. The Labute approximate surface area is 95.8 Å². The molecule has 0 radical (unpaired) electrons. The molecule has 0 rings (SSSR count). The maximum Gasteiger partial charge on any atom is 0.328 e. The first kappa shape index (κ1) is 14.6. The predicted octanol–water partition coefficient (Wildman–Crippen LogP) is 0.647. The van der Waals surface area contributed by atoms with Crippen LogP contribution in [0, 0.1) is 0 Å². The molecule has 0 aliphatic heterocycles. The van der Waals surface area contributed by atoms with E-state index in [9.17, 15) is 9.59 Å². The van der Waals surface area contributed by atoms with E-state index in [-0.39, 0.29) is 12.5 Å². The molecule has 0 saturated heterocycles. The number of nitrogens with one attached hydrogen (secondary N) is 1. The van der Waals surface area contributed by atoms with Crippen molar-refractivity contribution in [3.8, 4) is 0 Å². The Kier molecular flexibility index (Phi) is 8.15. The van der Waals surface area contributed by atoms with Crippen molar-refractivity contribution in [3.63, 3.8) is 0 Å². The zero-order valence-electron chi connectivity index (χ0n) is 9.82. The average Bonchev–Trinajstić information content (AvgIpc) is 2.30. The van der Waals surface area contributed by atoms with Crippen molar-refractivity contribution in [2.45, 2.75) is 25.8 Å². The van der Waals surface area contributed by atoms with E-state index >= 15 is 0 Å². The van der Waals surface area contributed by atoms with Gasteiger partial charge in [-0.25, -0.2) is 4.79 Å². The first-order valence-corrected chi connectivity index (χ1v) is 5.21. The van der Waals surface area contributed by atoms with E-state index < -0.39 is 12.0 Å². The van der Waals surface area contributed by atoms with Crippen molar-refractivity contribution in [3.05, 3.63) is 12.7 Å². The Balaban J connectivity index is 4.13. The van der Waals surface area contributed by atoms with Crippen molar-refractivity contribution < 1.29 is 19.1 Å². The molecule has 0 aromatic carbocycles. The van der Waals surface area contributed by atoms with Crippen LogP contribution in [0.15, 0.2) is 12.7 Å². The third-order valence-corrected chi connectivity index (χ3v) is 1.92. The van der Waals surface area contributed by atoms with Gasteiger partial charge in [0.2, 0.25) is 5.91 Å². The number of carbonyl (C=O) groups is 2. The van der Waals surface area contributed by atoms with E-state index in [0.29, 0.717) is 19.4 Å². The molecule has 0 saturated carbocycles. The standard InChI is InChI=1S/C11H19NO4/c1-4-6-7-9(11(14)15-3)12-10(13)8-16-5-2/h4,9H,1,5-8H2,2-3H3,(H,12,13)/t9-/m0/s1. The maximum absolute atomic E-state index is 11.3. The number of amides is 1. The van der Waals surface area contributed by atoms with Crippen molar-refractivity contribution >= 4 is 11.9 Å². The minimum Gasteiger partial charge on any atom is -0.467 e. The Morgan fingerprint density at radius 1 is 1.50 bits per heavy atom. The molecular formula is C11H19NO4. The normalized spacial score (nSPS) is 11.6. The molecule has 0 aromatic heterocycles. The number of rotatable bonds is 8. The number of ether oxygens (including phenoxy) is 2. The largest absolute Gasteiger partial charge is 0.467 e. The predicted molar refractivity (Wildman–Crippen MR) is 59.9 cm³/mol. The highest BCUT2D eigenvalue weighted by molar-refractivity contribution is 5.84. The first-order valence-electron chi connectivity index (χ1n) is 5.21. The van der Waals surface area contributed by atoms with Crippen LogP contribution in [-0.4, -0.2) is 38.2 Å². The number of esters is 1. The zero-order chi connectivity index (χ0) is 12.4. The molecule has 0 spiro atoms. The lowest BCUT2D eigenvalue weighted by Gasteiger charge is -2.15. The van der Waals surface area contributed by atoms with Crippen LogP contribution in [0.5, 0.6) is 0 Å². The second-order valence-corrected chi connectivity index (χ2v) is 3.15. The highest BCUT2D eigenvalue weighted by atomic mass is 16.5. The third kappa shape index (κ3) is 6.19. The molecule has 0 unspecified atom stereocenters. The molecule has 1 N–H and O–H groups in total. The summed E-state index contributed by atoms with van der Waals surface area (Å²) in [6, 6.07) is -0.629. The minimum atomic E-state index is -0.629. The summed E-state index contributed by atoms with van der Waals surface area (Å²) in [6.45, 7) is 5.77. The number of hydrogen-bond donors (Lipinski definition) is 1. The summed E-state index contributed by atoms with van der Waals surface area (Å²) < 4.78 is 9.52. The number of allylic oxidation sites excluding steroid dienone is 1. The molecule has 16 heavy (non-hydrogen) atoms. The fraction of sp³-hybridized carbons (Fsp3) is 0.636. The molecule has 0 bridgehead atoms. The van der Waals surface area contributed by atoms with Gasteiger partial charge in [0.15, 0.2) is 0 Å². The van der Waals surface area contributed by atoms with E-state index in [0.717, 1.165) is 0 Å². The Morgan fingerprint density at radius 3 is 2.69 bits per heavy atom. The van der Waals surface area contributed by atoms with Gasteiger partial charge < -0.3 is 14.8 Å². The molecule has 92 valence electrons. The maximum atomic E-state index is 11.3. The quantitative estimate of drug-likeness (QED) is 0.490. The van der Waals surface area contributed by atoms with E-state index in [4.69, 9.17) is 4.74 Å². The van der Waals surface area contributed by atoms with Gasteiger partial charge in [-0.2, -0.15) is 0 Å². The molecule has 0 aliphatic rings. The Bertz CT molecular complexity index is 240. The summed E-state index contributed by atoms with van der Waals surface area (Å²) in [5, 5.41) is 2.55. The van der Waals surface area contributed by atoms with Crippen LogP contribution in [-0.2, 0) is 19.1 Å². The lowest BCUT2D eigenvalue weighted by molar-refractivity contribution is -0.145. The van der Waals surface area contributed by atoms with Gasteiger partial charge in [-0.05, 0) is 19.8 Å². The van der Waals surface area contributed by atoms with Gasteiger partial charge in [-0.3, -0.25) is 4.79 Å². The molecule has 5 nitrogen and oxygen atoms in total. The topological polar surface area (TPSA) is 64.6 Å². The SMILES string of the molecule is C=CCC[C@H](NC(=O)COCC)C(=O)OC. The summed E-state index contributed by atoms with van der Waals surface area (Å²) in [5.41, 5.74) is 0. The summed E-state index contributed by atoms with van der Waals surface area (Å²) in [7, 11) is 1.29. The summed E-state index contributed by atoms with van der Waals surface area (Å²) in [4.78, 5) is 22.6. The summed E-state index contributed by atoms with van der Waals surface area (Å²) in [5.74, 6) is -0.770. The zero-order valence-corrected chi connectivity index (χ0v) is 9.82. The number of hydrogen-bond acceptors (Lipinski definition) is 4.